The maximum absolute atomic E-state index is 12.0. The highest BCUT2D eigenvalue weighted by atomic mass is 16.6. The fourth-order valence-electron chi connectivity index (χ4n) is 4.45. The molecule has 2 aliphatic heterocycles. The molecule has 160 valence electrons. The van der Waals surface area contributed by atoms with Crippen LogP contribution in [0.15, 0.2) is 12.2 Å². The third kappa shape index (κ3) is 3.44. The van der Waals surface area contributed by atoms with Gasteiger partial charge in [0.25, 0.3) is 0 Å². The number of hydrogen-bond donors (Lipinski definition) is 5. The molecule has 28 heavy (non-hydrogen) atoms. The summed E-state index contributed by atoms with van der Waals surface area (Å²) in [6, 6.07) is 0. The van der Waals surface area contributed by atoms with Gasteiger partial charge >= 0.3 is 0 Å². The Kier molecular flexibility index (Phi) is 5.76. The fourth-order valence-corrected chi connectivity index (χ4v) is 4.45. The van der Waals surface area contributed by atoms with E-state index < -0.39 is 53.4 Å². The fraction of sp³-hybridized carbons (Fsp3) is 0.842. The van der Waals surface area contributed by atoms with E-state index in [-0.39, 0.29) is 31.8 Å². The smallest absolute Gasteiger partial charge is 0.184 e. The first-order valence-electron chi connectivity index (χ1n) is 9.49. The van der Waals surface area contributed by atoms with Crippen molar-refractivity contribution in [2.75, 3.05) is 13.2 Å². The lowest BCUT2D eigenvalue weighted by Gasteiger charge is -2.47. The molecule has 2 saturated heterocycles. The molecule has 0 aromatic rings. The topological polar surface area (TPSA) is 146 Å². The van der Waals surface area contributed by atoms with Gasteiger partial charge in [-0.3, -0.25) is 4.79 Å². The summed E-state index contributed by atoms with van der Waals surface area (Å²) in [7, 11) is 0. The molecular weight excluding hydrogens is 372 g/mol. The van der Waals surface area contributed by atoms with Crippen LogP contribution in [0.5, 0.6) is 0 Å². The second kappa shape index (κ2) is 7.41. The number of ether oxygens (including phenoxy) is 3. The number of aliphatic hydroxyl groups excluding tert-OH is 4. The quantitative estimate of drug-likeness (QED) is 0.352. The molecule has 3 fully saturated rings. The van der Waals surface area contributed by atoms with E-state index in [9.17, 15) is 30.3 Å². The highest BCUT2D eigenvalue weighted by Crippen LogP contribution is 2.56. The van der Waals surface area contributed by atoms with E-state index in [1.54, 1.807) is 26.0 Å². The van der Waals surface area contributed by atoms with Gasteiger partial charge in [-0.2, -0.15) is 0 Å². The van der Waals surface area contributed by atoms with Gasteiger partial charge in [-0.25, -0.2) is 0 Å². The van der Waals surface area contributed by atoms with Crippen LogP contribution in [0.3, 0.4) is 0 Å². The summed E-state index contributed by atoms with van der Waals surface area (Å²) in [5.41, 5.74) is -3.05. The SMILES string of the molecule is C[C@@H](/C=C/[C@]1(O)[C@@]2(C)CO[C@@]1(C)CC(=O)C2)OC[C@H]1O[C@@H](O)[C@H](O)[C@@H](O)[C@@H]1O. The molecule has 0 spiro atoms. The molecule has 0 unspecified atom stereocenters. The first-order valence-corrected chi connectivity index (χ1v) is 9.49. The minimum absolute atomic E-state index is 0.0626. The molecule has 5 N–H and O–H groups in total. The van der Waals surface area contributed by atoms with Crippen molar-refractivity contribution in [2.24, 2.45) is 5.41 Å². The molecule has 9 nitrogen and oxygen atoms in total. The molecule has 2 bridgehead atoms. The standard InChI is InChI=1S/C19H30O9/c1-10(26-8-12-13(21)14(22)15(23)16(24)28-12)4-5-19(25)17(2)6-11(20)7-18(19,3)27-9-17/h4-5,10,12-16,21-25H,6-9H2,1-3H3/b5-4+/t10-,12+,13+,14-,15+,16+,17+,18-,19-/m0/s1. The average molecular weight is 402 g/mol. The zero-order valence-corrected chi connectivity index (χ0v) is 16.3. The third-order valence-corrected chi connectivity index (χ3v) is 6.38. The number of Topliss-reactive ketones (excluding diaryl/α,β-unsaturated/α-hetero) is 1. The Morgan fingerprint density at radius 3 is 2.50 bits per heavy atom. The minimum Gasteiger partial charge on any atom is -0.387 e. The number of aliphatic hydroxyl groups is 5. The summed E-state index contributed by atoms with van der Waals surface area (Å²) in [5.74, 6) is 0.0626. The van der Waals surface area contributed by atoms with Crippen LogP contribution in [0.4, 0.5) is 0 Å². The molecule has 3 rings (SSSR count). The molecule has 2 heterocycles. The Balaban J connectivity index is 1.63. The summed E-state index contributed by atoms with van der Waals surface area (Å²) in [6.07, 6.45) is -4.05. The summed E-state index contributed by atoms with van der Waals surface area (Å²) in [6.45, 7) is 5.41. The first-order chi connectivity index (χ1) is 12.9. The summed E-state index contributed by atoms with van der Waals surface area (Å²) >= 11 is 0. The van der Waals surface area contributed by atoms with Gasteiger partial charge in [-0.05, 0) is 13.8 Å². The predicted molar refractivity (Wildman–Crippen MR) is 95.1 cm³/mol. The summed E-state index contributed by atoms with van der Waals surface area (Å²) in [5, 5.41) is 50.1. The number of carbonyl (C=O) groups is 1. The third-order valence-electron chi connectivity index (χ3n) is 6.38. The van der Waals surface area contributed by atoms with Crippen LogP contribution in [-0.4, -0.2) is 92.5 Å². The molecule has 1 saturated carbocycles. The second-order valence-corrected chi connectivity index (χ2v) is 8.67. The van der Waals surface area contributed by atoms with Crippen molar-refractivity contribution in [3.05, 3.63) is 12.2 Å². The van der Waals surface area contributed by atoms with Gasteiger partial charge in [-0.1, -0.05) is 19.1 Å². The molecule has 3 aliphatic rings. The molecule has 0 aromatic carbocycles. The van der Waals surface area contributed by atoms with Crippen LogP contribution in [-0.2, 0) is 19.0 Å². The number of ketones is 1. The van der Waals surface area contributed by atoms with Gasteiger partial charge in [0.2, 0.25) is 0 Å². The van der Waals surface area contributed by atoms with Crippen LogP contribution < -0.4 is 0 Å². The van der Waals surface area contributed by atoms with Gasteiger partial charge in [-0.15, -0.1) is 0 Å². The van der Waals surface area contributed by atoms with E-state index in [1.165, 1.54) is 0 Å². The number of hydrogen-bond acceptors (Lipinski definition) is 9. The first kappa shape index (κ1) is 21.8. The predicted octanol–water partition coefficient (Wildman–Crippen LogP) is -1.36. The molecule has 0 aromatic heterocycles. The van der Waals surface area contributed by atoms with E-state index in [1.807, 2.05) is 6.92 Å². The van der Waals surface area contributed by atoms with Gasteiger partial charge in [0.15, 0.2) is 6.29 Å². The lowest BCUT2D eigenvalue weighted by atomic mass is 9.59. The normalized spacial score (nSPS) is 50.3. The van der Waals surface area contributed by atoms with Crippen molar-refractivity contribution < 1.29 is 44.5 Å². The van der Waals surface area contributed by atoms with Crippen molar-refractivity contribution >= 4 is 5.78 Å². The average Bonchev–Trinajstić information content (AvgIpc) is 2.73. The molecule has 0 amide bonds. The van der Waals surface area contributed by atoms with Crippen molar-refractivity contribution in [1.82, 2.24) is 0 Å². The Hall–Kier alpha value is -0.910. The zero-order chi connectivity index (χ0) is 20.9. The number of rotatable bonds is 5. The van der Waals surface area contributed by atoms with Crippen LogP contribution in [0, 0.1) is 5.41 Å². The maximum Gasteiger partial charge on any atom is 0.184 e. The lowest BCUT2D eigenvalue weighted by Crippen LogP contribution is -2.60. The highest BCUT2D eigenvalue weighted by Gasteiger charge is 2.67. The van der Waals surface area contributed by atoms with Crippen LogP contribution in [0.2, 0.25) is 0 Å². The number of fused-ring (bicyclic) bond motifs is 2. The van der Waals surface area contributed by atoms with E-state index in [0.29, 0.717) is 0 Å². The van der Waals surface area contributed by atoms with Crippen molar-refractivity contribution in [3.63, 3.8) is 0 Å². The summed E-state index contributed by atoms with van der Waals surface area (Å²) in [4.78, 5) is 12.0. The van der Waals surface area contributed by atoms with Crippen LogP contribution in [0.1, 0.15) is 33.6 Å². The summed E-state index contributed by atoms with van der Waals surface area (Å²) < 4.78 is 16.5. The molecule has 9 heteroatoms. The zero-order valence-electron chi connectivity index (χ0n) is 16.3. The molecule has 0 radical (unpaired) electrons. The van der Waals surface area contributed by atoms with Gasteiger partial charge < -0.3 is 39.7 Å². The lowest BCUT2D eigenvalue weighted by molar-refractivity contribution is -0.289. The van der Waals surface area contributed by atoms with Crippen molar-refractivity contribution in [2.45, 2.75) is 81.6 Å². The van der Waals surface area contributed by atoms with E-state index in [4.69, 9.17) is 14.2 Å². The largest absolute Gasteiger partial charge is 0.387 e. The van der Waals surface area contributed by atoms with E-state index in [0.717, 1.165) is 0 Å². The van der Waals surface area contributed by atoms with Crippen LogP contribution in [0.25, 0.3) is 0 Å². The van der Waals surface area contributed by atoms with Gasteiger partial charge in [0, 0.05) is 18.3 Å². The van der Waals surface area contributed by atoms with Gasteiger partial charge in [0.05, 0.1) is 19.3 Å². The Labute approximate surface area is 163 Å². The number of carbonyl (C=O) groups excluding carboxylic acids is 1. The van der Waals surface area contributed by atoms with Crippen LogP contribution >= 0.6 is 0 Å². The monoisotopic (exact) mass is 402 g/mol. The molecule has 9 atom stereocenters. The molecular formula is C19H30O9. The Morgan fingerprint density at radius 2 is 1.86 bits per heavy atom. The van der Waals surface area contributed by atoms with Crippen molar-refractivity contribution in [1.29, 1.82) is 0 Å². The Morgan fingerprint density at radius 1 is 1.18 bits per heavy atom. The molecule has 1 aliphatic carbocycles. The van der Waals surface area contributed by atoms with E-state index >= 15 is 0 Å². The Bertz CT molecular complexity index is 615. The second-order valence-electron chi connectivity index (χ2n) is 8.67. The van der Waals surface area contributed by atoms with E-state index in [2.05, 4.69) is 0 Å². The van der Waals surface area contributed by atoms with Crippen molar-refractivity contribution in [3.8, 4) is 0 Å². The highest BCUT2D eigenvalue weighted by molar-refractivity contribution is 5.83. The minimum atomic E-state index is -1.62. The maximum atomic E-state index is 12.0. The van der Waals surface area contributed by atoms with Gasteiger partial charge in [0.1, 0.15) is 41.4 Å².